The summed E-state index contributed by atoms with van der Waals surface area (Å²) in [6.07, 6.45) is -4.56. The standard InChI is InChI=1S/C13H10F3NO3/c1-20-12(19)9-5-10(17)7-3-2-6(13(14,15)16)4-8(7)11(9)18/h2-5,18H,17H2,1H3. The fourth-order valence-corrected chi connectivity index (χ4v) is 1.88. The Morgan fingerprint density at radius 2 is 1.90 bits per heavy atom. The third-order valence-electron chi connectivity index (χ3n) is 2.87. The van der Waals surface area contributed by atoms with Crippen molar-refractivity contribution in [3.8, 4) is 5.75 Å². The van der Waals surface area contributed by atoms with Crippen molar-refractivity contribution in [3.05, 3.63) is 35.4 Å². The molecule has 20 heavy (non-hydrogen) atoms. The van der Waals surface area contributed by atoms with Crippen LogP contribution < -0.4 is 5.73 Å². The number of alkyl halides is 3. The quantitative estimate of drug-likeness (QED) is 0.480. The Bertz CT molecular complexity index is 695. The lowest BCUT2D eigenvalue weighted by molar-refractivity contribution is -0.137. The SMILES string of the molecule is COC(=O)c1cc(N)c2ccc(C(F)(F)F)cc2c1O. The van der Waals surface area contributed by atoms with Crippen molar-refractivity contribution in [1.82, 2.24) is 0 Å². The molecule has 2 rings (SSSR count). The lowest BCUT2D eigenvalue weighted by atomic mass is 10.0. The second-order valence-electron chi connectivity index (χ2n) is 4.11. The van der Waals surface area contributed by atoms with Crippen LogP contribution in [0.5, 0.6) is 5.75 Å². The number of esters is 1. The second-order valence-corrected chi connectivity index (χ2v) is 4.11. The Hall–Kier alpha value is -2.44. The summed E-state index contributed by atoms with van der Waals surface area (Å²) in [5.74, 6) is -1.47. The Kier molecular flexibility index (Phi) is 3.21. The summed E-state index contributed by atoms with van der Waals surface area (Å²) < 4.78 is 42.4. The number of ether oxygens (including phenoxy) is 1. The minimum atomic E-state index is -4.56. The van der Waals surface area contributed by atoms with E-state index in [0.717, 1.165) is 31.4 Å². The van der Waals surface area contributed by atoms with Crippen LogP contribution >= 0.6 is 0 Å². The van der Waals surface area contributed by atoms with E-state index in [1.54, 1.807) is 0 Å². The van der Waals surface area contributed by atoms with E-state index in [2.05, 4.69) is 4.74 Å². The fraction of sp³-hybridized carbons (Fsp3) is 0.154. The molecule has 106 valence electrons. The lowest BCUT2D eigenvalue weighted by Crippen LogP contribution is -2.06. The molecule has 2 aromatic rings. The summed E-state index contributed by atoms with van der Waals surface area (Å²) in [7, 11) is 1.09. The van der Waals surface area contributed by atoms with Crippen molar-refractivity contribution >= 4 is 22.4 Å². The number of rotatable bonds is 1. The molecule has 0 unspecified atom stereocenters. The number of hydrogen-bond acceptors (Lipinski definition) is 4. The van der Waals surface area contributed by atoms with Crippen molar-refractivity contribution < 1.29 is 27.8 Å². The molecule has 0 saturated carbocycles. The number of aromatic hydroxyl groups is 1. The normalized spacial score (nSPS) is 11.6. The molecule has 7 heteroatoms. The molecule has 0 heterocycles. The lowest BCUT2D eigenvalue weighted by Gasteiger charge is -2.12. The van der Waals surface area contributed by atoms with Crippen molar-refractivity contribution in [2.45, 2.75) is 6.18 Å². The van der Waals surface area contributed by atoms with E-state index in [-0.39, 0.29) is 22.0 Å². The molecule has 0 amide bonds. The Morgan fingerprint density at radius 3 is 2.45 bits per heavy atom. The second kappa shape index (κ2) is 4.59. The molecule has 0 aliphatic rings. The van der Waals surface area contributed by atoms with Gasteiger partial charge in [0.15, 0.2) is 0 Å². The summed E-state index contributed by atoms with van der Waals surface area (Å²) >= 11 is 0. The summed E-state index contributed by atoms with van der Waals surface area (Å²) in [5, 5.41) is 10.0. The third-order valence-corrected chi connectivity index (χ3v) is 2.87. The summed E-state index contributed by atoms with van der Waals surface area (Å²) in [5.41, 5.74) is 4.53. The molecule has 0 radical (unpaired) electrons. The Morgan fingerprint density at radius 1 is 1.25 bits per heavy atom. The average Bonchev–Trinajstić information content (AvgIpc) is 2.40. The molecule has 0 atom stereocenters. The first-order chi connectivity index (χ1) is 9.25. The van der Waals surface area contributed by atoms with Crippen LogP contribution in [0.15, 0.2) is 24.3 Å². The number of benzene rings is 2. The number of halogens is 3. The van der Waals surface area contributed by atoms with Crippen LogP contribution in [0, 0.1) is 0 Å². The van der Waals surface area contributed by atoms with E-state index < -0.39 is 23.5 Å². The number of phenols is 1. The number of nitrogen functional groups attached to an aromatic ring is 1. The highest BCUT2D eigenvalue weighted by Gasteiger charge is 2.31. The van der Waals surface area contributed by atoms with E-state index in [9.17, 15) is 23.1 Å². The van der Waals surface area contributed by atoms with Gasteiger partial charge < -0.3 is 15.6 Å². The molecule has 4 nitrogen and oxygen atoms in total. The zero-order valence-corrected chi connectivity index (χ0v) is 10.3. The number of methoxy groups -OCH3 is 1. The molecular formula is C13H10F3NO3. The maximum Gasteiger partial charge on any atom is 0.416 e. The molecule has 0 saturated heterocycles. The molecule has 0 aliphatic heterocycles. The largest absolute Gasteiger partial charge is 0.506 e. The van der Waals surface area contributed by atoms with Crippen LogP contribution in [0.3, 0.4) is 0 Å². The molecule has 0 aromatic heterocycles. The highest BCUT2D eigenvalue weighted by molar-refractivity contribution is 6.06. The van der Waals surface area contributed by atoms with E-state index in [4.69, 9.17) is 5.73 Å². The van der Waals surface area contributed by atoms with Crippen molar-refractivity contribution in [1.29, 1.82) is 0 Å². The maximum atomic E-state index is 12.7. The molecule has 2 aromatic carbocycles. The zero-order valence-electron chi connectivity index (χ0n) is 10.3. The number of fused-ring (bicyclic) bond motifs is 1. The van der Waals surface area contributed by atoms with E-state index in [0.29, 0.717) is 0 Å². The fourth-order valence-electron chi connectivity index (χ4n) is 1.88. The van der Waals surface area contributed by atoms with Crippen LogP contribution in [0.4, 0.5) is 18.9 Å². The summed E-state index contributed by atoms with van der Waals surface area (Å²) in [6, 6.07) is 3.91. The van der Waals surface area contributed by atoms with Crippen LogP contribution in [-0.4, -0.2) is 18.2 Å². The van der Waals surface area contributed by atoms with Crippen molar-refractivity contribution in [2.24, 2.45) is 0 Å². The first-order valence-corrected chi connectivity index (χ1v) is 5.46. The number of carbonyl (C=O) groups is 1. The topological polar surface area (TPSA) is 72.5 Å². The first kappa shape index (κ1) is 14.0. The Labute approximate surface area is 111 Å². The number of anilines is 1. The van der Waals surface area contributed by atoms with Gasteiger partial charge in [0.25, 0.3) is 0 Å². The van der Waals surface area contributed by atoms with Gasteiger partial charge >= 0.3 is 12.1 Å². The van der Waals surface area contributed by atoms with E-state index in [1.165, 1.54) is 0 Å². The maximum absolute atomic E-state index is 12.7. The van der Waals surface area contributed by atoms with Gasteiger partial charge in [-0.1, -0.05) is 6.07 Å². The summed E-state index contributed by atoms with van der Waals surface area (Å²) in [4.78, 5) is 11.5. The summed E-state index contributed by atoms with van der Waals surface area (Å²) in [6.45, 7) is 0. The van der Waals surface area contributed by atoms with Gasteiger partial charge in [-0.25, -0.2) is 4.79 Å². The monoisotopic (exact) mass is 285 g/mol. The van der Waals surface area contributed by atoms with Crippen molar-refractivity contribution in [3.63, 3.8) is 0 Å². The van der Waals surface area contributed by atoms with Crippen LogP contribution in [-0.2, 0) is 10.9 Å². The van der Waals surface area contributed by atoms with Gasteiger partial charge in [-0.3, -0.25) is 0 Å². The predicted molar refractivity (Wildman–Crippen MR) is 66.4 cm³/mol. The van der Waals surface area contributed by atoms with Gasteiger partial charge in [0.05, 0.1) is 12.7 Å². The molecule has 3 N–H and O–H groups in total. The van der Waals surface area contributed by atoms with Gasteiger partial charge in [-0.15, -0.1) is 0 Å². The van der Waals surface area contributed by atoms with Gasteiger partial charge in [0.1, 0.15) is 11.3 Å². The zero-order chi connectivity index (χ0) is 15.1. The van der Waals surface area contributed by atoms with Gasteiger partial charge in [-0.05, 0) is 18.2 Å². The highest BCUT2D eigenvalue weighted by Crippen LogP contribution is 2.38. The van der Waals surface area contributed by atoms with Crippen LogP contribution in [0.1, 0.15) is 15.9 Å². The highest BCUT2D eigenvalue weighted by atomic mass is 19.4. The van der Waals surface area contributed by atoms with Gasteiger partial charge in [0.2, 0.25) is 0 Å². The number of nitrogens with two attached hydrogens (primary N) is 1. The molecule has 0 fully saturated rings. The van der Waals surface area contributed by atoms with E-state index in [1.807, 2.05) is 0 Å². The first-order valence-electron chi connectivity index (χ1n) is 5.46. The van der Waals surface area contributed by atoms with Crippen LogP contribution in [0.25, 0.3) is 10.8 Å². The smallest absolute Gasteiger partial charge is 0.416 e. The predicted octanol–water partition coefficient (Wildman–Crippen LogP) is 2.93. The Balaban J connectivity index is 2.79. The van der Waals surface area contributed by atoms with E-state index >= 15 is 0 Å². The minimum absolute atomic E-state index is 0.0759. The molecular weight excluding hydrogens is 275 g/mol. The molecule has 0 aliphatic carbocycles. The van der Waals surface area contributed by atoms with Gasteiger partial charge in [-0.2, -0.15) is 13.2 Å². The molecule has 0 bridgehead atoms. The number of carbonyl (C=O) groups excluding carboxylic acids is 1. The number of hydrogen-bond donors (Lipinski definition) is 2. The van der Waals surface area contributed by atoms with Crippen molar-refractivity contribution in [2.75, 3.05) is 12.8 Å². The average molecular weight is 285 g/mol. The molecule has 0 spiro atoms. The van der Waals surface area contributed by atoms with Gasteiger partial charge in [0, 0.05) is 16.5 Å². The number of phenolic OH excluding ortho intramolecular Hbond substituents is 1. The third kappa shape index (κ3) is 2.22. The minimum Gasteiger partial charge on any atom is -0.506 e. The van der Waals surface area contributed by atoms with Crippen LogP contribution in [0.2, 0.25) is 0 Å².